The zero-order valence-electron chi connectivity index (χ0n) is 16.6. The van der Waals surface area contributed by atoms with E-state index in [1.165, 1.54) is 12.1 Å². The topological polar surface area (TPSA) is 66.4 Å². The number of ether oxygens (including phenoxy) is 1. The van der Waals surface area contributed by atoms with Crippen LogP contribution in [0.3, 0.4) is 0 Å². The second-order valence-electron chi connectivity index (χ2n) is 7.46. The van der Waals surface area contributed by atoms with Crippen LogP contribution in [0, 0.1) is 19.7 Å². The van der Waals surface area contributed by atoms with Gasteiger partial charge in [-0.15, -0.1) is 11.3 Å². The maximum Gasteiger partial charge on any atom is 0.124 e. The Labute approximate surface area is 173 Å². The van der Waals surface area contributed by atoms with Gasteiger partial charge in [0.1, 0.15) is 23.9 Å². The molecule has 1 fully saturated rings. The number of benzene rings is 2. The Morgan fingerprint density at radius 2 is 1.93 bits per heavy atom. The fourth-order valence-electron chi connectivity index (χ4n) is 3.88. The highest BCUT2D eigenvalue weighted by Gasteiger charge is 2.38. The number of hydrazine groups is 1. The van der Waals surface area contributed by atoms with E-state index in [0.717, 1.165) is 27.4 Å². The molecule has 3 aromatic rings. The standard InChI is InChI=1S/C22H24FN3O2S/c1-12-8-17(28-10-15-4-6-16(23)7-5-15)9-19(27)20(12)22-21(13(2)25-26-22)18-11-29-14(3)24-18/h4-9,11,13,21-22,25-27H,10H2,1-3H3. The Kier molecular flexibility index (Phi) is 5.54. The van der Waals surface area contributed by atoms with Crippen LogP contribution in [0.5, 0.6) is 11.5 Å². The molecule has 2 aromatic carbocycles. The quantitative estimate of drug-likeness (QED) is 0.575. The lowest BCUT2D eigenvalue weighted by Gasteiger charge is -2.23. The van der Waals surface area contributed by atoms with Crippen LogP contribution in [0.4, 0.5) is 4.39 Å². The number of thiazole rings is 1. The van der Waals surface area contributed by atoms with Gasteiger partial charge in [0.05, 0.1) is 16.7 Å². The van der Waals surface area contributed by atoms with Crippen LogP contribution >= 0.6 is 11.3 Å². The van der Waals surface area contributed by atoms with Gasteiger partial charge in [-0.25, -0.2) is 14.8 Å². The summed E-state index contributed by atoms with van der Waals surface area (Å²) in [5.74, 6) is 0.594. The molecule has 1 aliphatic rings. The summed E-state index contributed by atoms with van der Waals surface area (Å²) in [6.45, 7) is 6.38. The zero-order valence-corrected chi connectivity index (χ0v) is 17.4. The molecule has 0 bridgehead atoms. The number of rotatable bonds is 5. The van der Waals surface area contributed by atoms with Crippen LogP contribution in [-0.2, 0) is 6.61 Å². The molecule has 7 heteroatoms. The third-order valence-corrected chi connectivity index (χ3v) is 6.10. The molecular formula is C22H24FN3O2S. The van der Waals surface area contributed by atoms with E-state index in [1.807, 2.05) is 19.9 Å². The SMILES string of the molecule is Cc1nc(C2C(C)NNC2c2c(C)cc(OCc3ccc(F)cc3)cc2O)cs1. The molecule has 0 spiro atoms. The lowest BCUT2D eigenvalue weighted by atomic mass is 9.85. The Morgan fingerprint density at radius 1 is 1.17 bits per heavy atom. The van der Waals surface area contributed by atoms with E-state index in [1.54, 1.807) is 29.5 Å². The number of phenolic OH excluding ortho intramolecular Hbond substituents is 1. The van der Waals surface area contributed by atoms with Gasteiger partial charge in [-0.05, 0) is 50.1 Å². The lowest BCUT2D eigenvalue weighted by molar-refractivity contribution is 0.303. The molecule has 0 saturated carbocycles. The molecule has 2 heterocycles. The number of halogens is 1. The summed E-state index contributed by atoms with van der Waals surface area (Å²) in [5.41, 5.74) is 10.3. The predicted octanol–water partition coefficient (Wildman–Crippen LogP) is 4.50. The van der Waals surface area contributed by atoms with Gasteiger partial charge in [0.2, 0.25) is 0 Å². The van der Waals surface area contributed by atoms with Crippen molar-refractivity contribution in [3.05, 3.63) is 75.0 Å². The molecule has 0 aliphatic carbocycles. The summed E-state index contributed by atoms with van der Waals surface area (Å²) >= 11 is 1.63. The first-order valence-electron chi connectivity index (χ1n) is 9.56. The predicted molar refractivity (Wildman–Crippen MR) is 112 cm³/mol. The van der Waals surface area contributed by atoms with Crippen molar-refractivity contribution in [2.24, 2.45) is 0 Å². The van der Waals surface area contributed by atoms with Crippen LogP contribution < -0.4 is 15.6 Å². The summed E-state index contributed by atoms with van der Waals surface area (Å²) < 4.78 is 18.9. The lowest BCUT2D eigenvalue weighted by Crippen LogP contribution is -2.29. The molecule has 29 heavy (non-hydrogen) atoms. The van der Waals surface area contributed by atoms with Crippen molar-refractivity contribution in [1.82, 2.24) is 15.8 Å². The van der Waals surface area contributed by atoms with E-state index in [-0.39, 0.29) is 29.6 Å². The normalized spacial score (nSPS) is 21.4. The number of hydrogen-bond donors (Lipinski definition) is 3. The highest BCUT2D eigenvalue weighted by molar-refractivity contribution is 7.09. The second-order valence-corrected chi connectivity index (χ2v) is 8.52. The molecule has 1 saturated heterocycles. The van der Waals surface area contributed by atoms with Crippen molar-refractivity contribution in [3.8, 4) is 11.5 Å². The number of nitrogens with zero attached hydrogens (tertiary/aromatic N) is 1. The van der Waals surface area contributed by atoms with E-state index in [2.05, 4.69) is 28.1 Å². The van der Waals surface area contributed by atoms with Crippen LogP contribution in [0.25, 0.3) is 0 Å². The largest absolute Gasteiger partial charge is 0.507 e. The van der Waals surface area contributed by atoms with Crippen LogP contribution in [-0.4, -0.2) is 16.1 Å². The number of aromatic nitrogens is 1. The van der Waals surface area contributed by atoms with Crippen LogP contribution in [0.1, 0.15) is 46.3 Å². The third kappa shape index (κ3) is 4.12. The highest BCUT2D eigenvalue weighted by Crippen LogP contribution is 2.43. The first-order chi connectivity index (χ1) is 13.9. The molecular weight excluding hydrogens is 389 g/mol. The number of aryl methyl sites for hydroxylation is 2. The van der Waals surface area contributed by atoms with Crippen molar-refractivity contribution in [2.45, 2.75) is 45.4 Å². The maximum atomic E-state index is 13.0. The Balaban J connectivity index is 1.57. The molecule has 5 nitrogen and oxygen atoms in total. The molecule has 3 unspecified atom stereocenters. The number of hydrogen-bond acceptors (Lipinski definition) is 6. The minimum absolute atomic E-state index is 0.0994. The van der Waals surface area contributed by atoms with E-state index in [4.69, 9.17) is 4.74 Å². The molecule has 3 N–H and O–H groups in total. The van der Waals surface area contributed by atoms with Crippen molar-refractivity contribution in [3.63, 3.8) is 0 Å². The van der Waals surface area contributed by atoms with Gasteiger partial charge in [-0.2, -0.15) is 0 Å². The van der Waals surface area contributed by atoms with Crippen LogP contribution in [0.15, 0.2) is 41.8 Å². The number of phenols is 1. The molecule has 152 valence electrons. The molecule has 0 radical (unpaired) electrons. The van der Waals surface area contributed by atoms with Gasteiger partial charge in [-0.1, -0.05) is 12.1 Å². The number of nitrogens with one attached hydrogen (secondary N) is 2. The molecule has 1 aliphatic heterocycles. The van der Waals surface area contributed by atoms with E-state index in [9.17, 15) is 9.50 Å². The van der Waals surface area contributed by atoms with Crippen molar-refractivity contribution in [1.29, 1.82) is 0 Å². The fraction of sp³-hybridized carbons (Fsp3) is 0.318. The van der Waals surface area contributed by atoms with Crippen molar-refractivity contribution >= 4 is 11.3 Å². The first kappa shape index (κ1) is 19.8. The molecule has 1 aromatic heterocycles. The Hall–Kier alpha value is -2.48. The smallest absolute Gasteiger partial charge is 0.124 e. The van der Waals surface area contributed by atoms with Crippen molar-refractivity contribution < 1.29 is 14.2 Å². The van der Waals surface area contributed by atoms with Gasteiger partial charge in [-0.3, -0.25) is 5.43 Å². The van der Waals surface area contributed by atoms with E-state index >= 15 is 0 Å². The third-order valence-electron chi connectivity index (χ3n) is 5.31. The minimum atomic E-state index is -0.275. The summed E-state index contributed by atoms with van der Waals surface area (Å²) in [7, 11) is 0. The van der Waals surface area contributed by atoms with Gasteiger partial charge in [0.25, 0.3) is 0 Å². The van der Waals surface area contributed by atoms with Crippen LogP contribution in [0.2, 0.25) is 0 Å². The van der Waals surface area contributed by atoms with E-state index in [0.29, 0.717) is 12.4 Å². The first-order valence-corrected chi connectivity index (χ1v) is 10.4. The van der Waals surface area contributed by atoms with Gasteiger partial charge >= 0.3 is 0 Å². The van der Waals surface area contributed by atoms with Gasteiger partial charge in [0.15, 0.2) is 0 Å². The fourth-order valence-corrected chi connectivity index (χ4v) is 4.54. The average molecular weight is 414 g/mol. The van der Waals surface area contributed by atoms with Crippen molar-refractivity contribution in [2.75, 3.05) is 0 Å². The highest BCUT2D eigenvalue weighted by atomic mass is 32.1. The summed E-state index contributed by atoms with van der Waals surface area (Å²) in [6, 6.07) is 9.83. The number of aromatic hydroxyl groups is 1. The Bertz CT molecular complexity index is 983. The summed E-state index contributed by atoms with van der Waals surface area (Å²) in [6.07, 6.45) is 0. The zero-order chi connectivity index (χ0) is 20.5. The van der Waals surface area contributed by atoms with E-state index < -0.39 is 0 Å². The summed E-state index contributed by atoms with van der Waals surface area (Å²) in [4.78, 5) is 4.67. The molecule has 3 atom stereocenters. The molecule has 0 amide bonds. The Morgan fingerprint density at radius 3 is 2.59 bits per heavy atom. The van der Waals surface area contributed by atoms with Gasteiger partial charge in [0, 0.05) is 29.0 Å². The van der Waals surface area contributed by atoms with Gasteiger partial charge < -0.3 is 9.84 Å². The second kappa shape index (κ2) is 8.10. The average Bonchev–Trinajstić information content (AvgIpc) is 3.26. The maximum absolute atomic E-state index is 13.0. The molecule has 4 rings (SSSR count). The summed E-state index contributed by atoms with van der Waals surface area (Å²) in [5, 5.41) is 13.9. The monoisotopic (exact) mass is 413 g/mol. The minimum Gasteiger partial charge on any atom is -0.507 e.